The summed E-state index contributed by atoms with van der Waals surface area (Å²) in [5.74, 6) is -1.54. The van der Waals surface area contributed by atoms with Crippen LogP contribution in [0.25, 0.3) is 0 Å². The molecule has 2 atom stereocenters. The van der Waals surface area contributed by atoms with E-state index in [1.165, 1.54) is 51.4 Å². The number of hydrogen-bond donors (Lipinski definition) is 1. The SMILES string of the molecule is CC/C=C/C/C=C/CCCCC(=O)OCC(COCCC(C(=O)O)[N+](C)(C)C)OC(=O)CCCCCCC/C=C/C=C/CCCCCCCCC. The van der Waals surface area contributed by atoms with Crippen molar-refractivity contribution in [2.75, 3.05) is 41.0 Å². The minimum Gasteiger partial charge on any atom is -0.477 e. The lowest BCUT2D eigenvalue weighted by atomic mass is 10.1. The average Bonchev–Trinajstić information content (AvgIpc) is 3.08. The van der Waals surface area contributed by atoms with Gasteiger partial charge in [0, 0.05) is 19.3 Å². The van der Waals surface area contributed by atoms with E-state index in [1.54, 1.807) is 0 Å². The molecular formula is C43H76NO7+. The maximum absolute atomic E-state index is 12.7. The van der Waals surface area contributed by atoms with Crippen molar-refractivity contribution in [1.82, 2.24) is 0 Å². The average molecular weight is 719 g/mol. The molecule has 0 aliphatic carbocycles. The van der Waals surface area contributed by atoms with Gasteiger partial charge < -0.3 is 23.8 Å². The second-order valence-corrected chi connectivity index (χ2v) is 14.5. The normalized spacial score (nSPS) is 13.5. The van der Waals surface area contributed by atoms with Gasteiger partial charge in [-0.2, -0.15) is 0 Å². The molecule has 0 saturated heterocycles. The van der Waals surface area contributed by atoms with Crippen LogP contribution in [-0.4, -0.2) is 80.6 Å². The molecule has 0 fully saturated rings. The number of likely N-dealkylation sites (N-methyl/N-ethyl adjacent to an activating group) is 1. The summed E-state index contributed by atoms with van der Waals surface area (Å²) in [7, 11) is 5.50. The van der Waals surface area contributed by atoms with Crippen LogP contribution in [0.1, 0.15) is 155 Å². The number of rotatable bonds is 35. The van der Waals surface area contributed by atoms with Crippen LogP contribution in [0.2, 0.25) is 0 Å². The van der Waals surface area contributed by atoms with E-state index in [-0.39, 0.29) is 36.2 Å². The molecule has 0 heterocycles. The Balaban J connectivity index is 4.41. The third-order valence-corrected chi connectivity index (χ3v) is 8.74. The summed E-state index contributed by atoms with van der Waals surface area (Å²) < 4.78 is 17.1. The minimum absolute atomic E-state index is 0.0433. The molecule has 0 saturated carbocycles. The third-order valence-electron chi connectivity index (χ3n) is 8.74. The highest BCUT2D eigenvalue weighted by molar-refractivity contribution is 5.72. The number of aliphatic carboxylic acids is 1. The highest BCUT2D eigenvalue weighted by atomic mass is 16.6. The van der Waals surface area contributed by atoms with Crippen LogP contribution in [0.3, 0.4) is 0 Å². The topological polar surface area (TPSA) is 99.1 Å². The highest BCUT2D eigenvalue weighted by Crippen LogP contribution is 2.12. The van der Waals surface area contributed by atoms with E-state index in [4.69, 9.17) is 14.2 Å². The number of carboxylic acid groups (broad SMARTS) is 1. The fourth-order valence-electron chi connectivity index (χ4n) is 5.59. The summed E-state index contributed by atoms with van der Waals surface area (Å²) in [5.41, 5.74) is 0. The maximum Gasteiger partial charge on any atom is 0.362 e. The number of allylic oxidation sites excluding steroid dienone is 8. The van der Waals surface area contributed by atoms with Crippen LogP contribution in [0.5, 0.6) is 0 Å². The number of carboxylic acids is 1. The highest BCUT2D eigenvalue weighted by Gasteiger charge is 2.31. The molecule has 2 unspecified atom stereocenters. The molecule has 294 valence electrons. The first kappa shape index (κ1) is 48.3. The Hall–Kier alpha value is -2.71. The number of quaternary nitrogens is 1. The largest absolute Gasteiger partial charge is 0.477 e. The van der Waals surface area contributed by atoms with Gasteiger partial charge in [-0.1, -0.05) is 120 Å². The molecule has 0 aliphatic rings. The summed E-state index contributed by atoms with van der Waals surface area (Å²) in [4.78, 5) is 36.7. The van der Waals surface area contributed by atoms with Crippen LogP contribution in [0, 0.1) is 0 Å². The van der Waals surface area contributed by atoms with E-state index in [0.717, 1.165) is 70.6 Å². The predicted molar refractivity (Wildman–Crippen MR) is 211 cm³/mol. The number of carbonyl (C=O) groups excluding carboxylic acids is 2. The molecule has 8 nitrogen and oxygen atoms in total. The quantitative estimate of drug-likeness (QED) is 0.0229. The smallest absolute Gasteiger partial charge is 0.362 e. The van der Waals surface area contributed by atoms with Crippen molar-refractivity contribution < 1.29 is 38.2 Å². The molecule has 0 aliphatic heterocycles. The zero-order valence-electron chi connectivity index (χ0n) is 33.3. The number of hydrogen-bond acceptors (Lipinski definition) is 6. The fourth-order valence-corrected chi connectivity index (χ4v) is 5.59. The molecule has 0 amide bonds. The summed E-state index contributed by atoms with van der Waals surface area (Å²) >= 11 is 0. The van der Waals surface area contributed by atoms with E-state index in [9.17, 15) is 19.5 Å². The third kappa shape index (κ3) is 32.9. The van der Waals surface area contributed by atoms with Crippen molar-refractivity contribution in [2.45, 2.75) is 167 Å². The van der Waals surface area contributed by atoms with E-state index in [2.05, 4.69) is 62.5 Å². The van der Waals surface area contributed by atoms with Crippen molar-refractivity contribution in [3.63, 3.8) is 0 Å². The monoisotopic (exact) mass is 719 g/mol. The second-order valence-electron chi connectivity index (χ2n) is 14.5. The van der Waals surface area contributed by atoms with Crippen molar-refractivity contribution in [2.24, 2.45) is 0 Å². The first-order chi connectivity index (χ1) is 24.6. The summed E-state index contributed by atoms with van der Waals surface area (Å²) in [6.07, 6.45) is 38.8. The zero-order valence-corrected chi connectivity index (χ0v) is 33.3. The van der Waals surface area contributed by atoms with Crippen LogP contribution < -0.4 is 0 Å². The molecule has 0 aromatic rings. The zero-order chi connectivity index (χ0) is 37.8. The van der Waals surface area contributed by atoms with Crippen LogP contribution in [-0.2, 0) is 28.6 Å². The van der Waals surface area contributed by atoms with Gasteiger partial charge in [-0.15, -0.1) is 0 Å². The molecule has 8 heteroatoms. The van der Waals surface area contributed by atoms with Gasteiger partial charge in [0.2, 0.25) is 0 Å². The Morgan fingerprint density at radius 1 is 0.627 bits per heavy atom. The van der Waals surface area contributed by atoms with Gasteiger partial charge in [0.25, 0.3) is 0 Å². The van der Waals surface area contributed by atoms with Gasteiger partial charge in [0.15, 0.2) is 12.1 Å². The van der Waals surface area contributed by atoms with Crippen molar-refractivity contribution >= 4 is 17.9 Å². The summed E-state index contributed by atoms with van der Waals surface area (Å²) in [5, 5.41) is 9.58. The molecule has 0 spiro atoms. The first-order valence-corrected chi connectivity index (χ1v) is 20.2. The summed E-state index contributed by atoms with van der Waals surface area (Å²) in [6.45, 7) is 4.54. The van der Waals surface area contributed by atoms with Crippen molar-refractivity contribution in [1.29, 1.82) is 0 Å². The van der Waals surface area contributed by atoms with Crippen LogP contribution in [0.15, 0.2) is 48.6 Å². The van der Waals surface area contributed by atoms with E-state index in [0.29, 0.717) is 19.3 Å². The van der Waals surface area contributed by atoms with Crippen LogP contribution >= 0.6 is 0 Å². The Morgan fingerprint density at radius 3 is 1.76 bits per heavy atom. The number of carbonyl (C=O) groups is 3. The van der Waals surface area contributed by atoms with Gasteiger partial charge in [0.05, 0.1) is 34.4 Å². The Labute approximate surface area is 312 Å². The first-order valence-electron chi connectivity index (χ1n) is 20.2. The van der Waals surface area contributed by atoms with Gasteiger partial charge in [-0.05, 0) is 64.2 Å². The lowest BCUT2D eigenvalue weighted by Crippen LogP contribution is -2.50. The molecule has 0 aromatic carbocycles. The van der Waals surface area contributed by atoms with E-state index < -0.39 is 18.1 Å². The number of unbranched alkanes of at least 4 members (excludes halogenated alkanes) is 14. The van der Waals surface area contributed by atoms with Crippen molar-refractivity contribution in [3.8, 4) is 0 Å². The van der Waals surface area contributed by atoms with Crippen molar-refractivity contribution in [3.05, 3.63) is 48.6 Å². The predicted octanol–water partition coefficient (Wildman–Crippen LogP) is 10.5. The number of esters is 2. The molecule has 51 heavy (non-hydrogen) atoms. The number of ether oxygens (including phenoxy) is 3. The fraction of sp³-hybridized carbons (Fsp3) is 0.744. The van der Waals surface area contributed by atoms with Gasteiger partial charge in [0.1, 0.15) is 6.61 Å². The lowest BCUT2D eigenvalue weighted by molar-refractivity contribution is -0.887. The maximum atomic E-state index is 12.7. The second kappa shape index (κ2) is 34.4. The number of nitrogens with zero attached hydrogens (tertiary/aromatic N) is 1. The Kier molecular flexibility index (Phi) is 32.6. The molecule has 0 rings (SSSR count). The summed E-state index contributed by atoms with van der Waals surface area (Å²) in [6, 6.07) is -0.621. The molecule has 0 aromatic heterocycles. The Morgan fingerprint density at radius 2 is 1.16 bits per heavy atom. The molecule has 1 N–H and O–H groups in total. The molecule has 0 bridgehead atoms. The van der Waals surface area contributed by atoms with Crippen LogP contribution in [0.4, 0.5) is 0 Å². The molecule has 0 radical (unpaired) electrons. The van der Waals surface area contributed by atoms with Gasteiger partial charge >= 0.3 is 17.9 Å². The van der Waals surface area contributed by atoms with Gasteiger partial charge in [-0.25, -0.2) is 4.79 Å². The minimum atomic E-state index is -0.884. The molecular weight excluding hydrogens is 642 g/mol. The lowest BCUT2D eigenvalue weighted by Gasteiger charge is -2.31. The van der Waals surface area contributed by atoms with E-state index in [1.807, 2.05) is 21.1 Å². The van der Waals surface area contributed by atoms with E-state index >= 15 is 0 Å². The standard InChI is InChI=1S/C43H75NO7/c1-6-8-10-12-14-16-17-18-19-20-21-22-23-24-26-28-30-32-34-42(46)51-39(37-49-36-35-40(43(47)48)44(3,4)5)38-50-41(45)33-31-29-27-25-15-13-11-9-7-2/h9,11,15,19-22,25,39-40H,6-8,10,12-14,16-18,23-24,26-38H2,1-5H3/p+1/b11-9+,20-19+,22-21+,25-15+. The Bertz CT molecular complexity index is 979. The van der Waals surface area contributed by atoms with Gasteiger partial charge in [-0.3, -0.25) is 9.59 Å².